The van der Waals surface area contributed by atoms with Crippen molar-refractivity contribution in [1.29, 1.82) is 0 Å². The first-order chi connectivity index (χ1) is 10.1. The summed E-state index contributed by atoms with van der Waals surface area (Å²) in [6.07, 6.45) is 0.774. The second-order valence-corrected chi connectivity index (χ2v) is 6.84. The Labute approximate surface area is 126 Å². The van der Waals surface area contributed by atoms with E-state index in [4.69, 9.17) is 4.74 Å². The van der Waals surface area contributed by atoms with Crippen LogP contribution in [0.15, 0.2) is 47.4 Å². The number of methoxy groups -OCH3 is 1. The molecule has 0 saturated heterocycles. The van der Waals surface area contributed by atoms with Crippen molar-refractivity contribution in [3.8, 4) is 0 Å². The van der Waals surface area contributed by atoms with E-state index < -0.39 is 10.0 Å². The Morgan fingerprint density at radius 3 is 2.43 bits per heavy atom. The Bertz CT molecular complexity index is 697. The van der Waals surface area contributed by atoms with Gasteiger partial charge in [0.25, 0.3) is 0 Å². The minimum Gasteiger partial charge on any atom is -0.383 e. The van der Waals surface area contributed by atoms with Crippen LogP contribution in [0.2, 0.25) is 0 Å². The molecule has 21 heavy (non-hydrogen) atoms. The van der Waals surface area contributed by atoms with Crippen molar-refractivity contribution in [2.45, 2.75) is 18.2 Å². The number of fused-ring (bicyclic) bond motifs is 1. The summed E-state index contributed by atoms with van der Waals surface area (Å²) in [4.78, 5) is 0.339. The molecule has 0 bridgehead atoms. The van der Waals surface area contributed by atoms with Gasteiger partial charge >= 0.3 is 0 Å². The molecule has 0 N–H and O–H groups in total. The smallest absolute Gasteiger partial charge is 0.243 e. The van der Waals surface area contributed by atoms with Crippen molar-refractivity contribution in [2.24, 2.45) is 0 Å². The maximum absolute atomic E-state index is 12.7. The largest absolute Gasteiger partial charge is 0.383 e. The molecule has 0 atom stereocenters. The third-order valence-electron chi connectivity index (χ3n) is 3.38. The third-order valence-corrected chi connectivity index (χ3v) is 5.27. The van der Waals surface area contributed by atoms with Crippen molar-refractivity contribution < 1.29 is 13.2 Å². The van der Waals surface area contributed by atoms with Crippen LogP contribution < -0.4 is 0 Å². The normalized spacial score (nSPS) is 12.1. The van der Waals surface area contributed by atoms with Crippen molar-refractivity contribution in [3.05, 3.63) is 42.5 Å². The summed E-state index contributed by atoms with van der Waals surface area (Å²) in [6, 6.07) is 13.0. The van der Waals surface area contributed by atoms with Crippen LogP contribution in [-0.4, -0.2) is 39.5 Å². The van der Waals surface area contributed by atoms with E-state index in [2.05, 4.69) is 0 Å². The molecule has 2 rings (SSSR count). The lowest BCUT2D eigenvalue weighted by Gasteiger charge is -2.21. The molecular weight excluding hydrogens is 286 g/mol. The quantitative estimate of drug-likeness (QED) is 0.790. The summed E-state index contributed by atoms with van der Waals surface area (Å²) in [5, 5.41) is 1.97. The molecule has 0 amide bonds. The van der Waals surface area contributed by atoms with E-state index in [1.165, 1.54) is 4.31 Å². The van der Waals surface area contributed by atoms with Crippen molar-refractivity contribution >= 4 is 20.8 Å². The molecule has 0 aliphatic heterocycles. The minimum atomic E-state index is -3.47. The van der Waals surface area contributed by atoms with Crippen LogP contribution in [0.5, 0.6) is 0 Å². The summed E-state index contributed by atoms with van der Waals surface area (Å²) >= 11 is 0. The van der Waals surface area contributed by atoms with Crippen LogP contribution >= 0.6 is 0 Å². The van der Waals surface area contributed by atoms with Crippen LogP contribution in [0.25, 0.3) is 10.8 Å². The molecule has 0 heterocycles. The number of benzene rings is 2. The molecular formula is C16H21NO3S. The molecule has 0 spiro atoms. The van der Waals surface area contributed by atoms with E-state index in [0.717, 1.165) is 17.2 Å². The van der Waals surface area contributed by atoms with E-state index in [1.807, 2.05) is 37.3 Å². The molecule has 0 saturated carbocycles. The number of hydrogen-bond donors (Lipinski definition) is 0. The fourth-order valence-electron chi connectivity index (χ4n) is 2.27. The average Bonchev–Trinajstić information content (AvgIpc) is 2.50. The highest BCUT2D eigenvalue weighted by Crippen LogP contribution is 2.22. The first-order valence-corrected chi connectivity index (χ1v) is 8.51. The number of ether oxygens (including phenoxy) is 1. The zero-order chi connectivity index (χ0) is 15.3. The third kappa shape index (κ3) is 3.61. The van der Waals surface area contributed by atoms with Crippen molar-refractivity contribution in [1.82, 2.24) is 4.31 Å². The van der Waals surface area contributed by atoms with Crippen LogP contribution in [0, 0.1) is 0 Å². The van der Waals surface area contributed by atoms with Crippen LogP contribution in [0.4, 0.5) is 0 Å². The SMILES string of the molecule is CCCN(CCOC)S(=O)(=O)c1ccc2ccccc2c1. The van der Waals surface area contributed by atoms with E-state index in [-0.39, 0.29) is 0 Å². The van der Waals surface area contributed by atoms with Gasteiger partial charge in [-0.2, -0.15) is 4.31 Å². The molecule has 114 valence electrons. The summed E-state index contributed by atoms with van der Waals surface area (Å²) in [5.74, 6) is 0. The van der Waals surface area contributed by atoms with Crippen LogP contribution in [0.3, 0.4) is 0 Å². The Kier molecular flexibility index (Phi) is 5.33. The van der Waals surface area contributed by atoms with E-state index >= 15 is 0 Å². The highest BCUT2D eigenvalue weighted by molar-refractivity contribution is 7.89. The maximum atomic E-state index is 12.7. The van der Waals surface area contributed by atoms with Gasteiger partial charge in [-0.3, -0.25) is 0 Å². The van der Waals surface area contributed by atoms with E-state index in [9.17, 15) is 8.42 Å². The summed E-state index contributed by atoms with van der Waals surface area (Å²) in [6.45, 7) is 3.24. The molecule has 2 aromatic carbocycles. The highest BCUT2D eigenvalue weighted by atomic mass is 32.2. The van der Waals surface area contributed by atoms with Crippen molar-refractivity contribution in [3.63, 3.8) is 0 Å². The zero-order valence-electron chi connectivity index (χ0n) is 12.5. The average molecular weight is 307 g/mol. The van der Waals surface area contributed by atoms with Crippen LogP contribution in [0.1, 0.15) is 13.3 Å². The maximum Gasteiger partial charge on any atom is 0.243 e. The Morgan fingerprint density at radius 1 is 1.05 bits per heavy atom. The van der Waals surface area contributed by atoms with Gasteiger partial charge < -0.3 is 4.74 Å². The lowest BCUT2D eigenvalue weighted by atomic mass is 10.1. The second kappa shape index (κ2) is 7.02. The van der Waals surface area contributed by atoms with Gasteiger partial charge in [-0.05, 0) is 29.3 Å². The molecule has 4 nitrogen and oxygen atoms in total. The molecule has 2 aromatic rings. The molecule has 0 aromatic heterocycles. The van der Waals surface area contributed by atoms with Gasteiger partial charge in [0.05, 0.1) is 11.5 Å². The fraction of sp³-hybridized carbons (Fsp3) is 0.375. The number of hydrogen-bond acceptors (Lipinski definition) is 3. The lowest BCUT2D eigenvalue weighted by Crippen LogP contribution is -2.34. The highest BCUT2D eigenvalue weighted by Gasteiger charge is 2.23. The molecule has 0 aliphatic rings. The summed E-state index contributed by atoms with van der Waals surface area (Å²) in [5.41, 5.74) is 0. The number of nitrogens with zero attached hydrogens (tertiary/aromatic N) is 1. The first kappa shape index (κ1) is 15.9. The van der Waals surface area contributed by atoms with Gasteiger partial charge in [-0.1, -0.05) is 37.3 Å². The topological polar surface area (TPSA) is 46.6 Å². The van der Waals surface area contributed by atoms with Gasteiger partial charge in [0.2, 0.25) is 10.0 Å². The van der Waals surface area contributed by atoms with E-state index in [1.54, 1.807) is 19.2 Å². The lowest BCUT2D eigenvalue weighted by molar-refractivity contribution is 0.179. The first-order valence-electron chi connectivity index (χ1n) is 7.07. The molecule has 0 unspecified atom stereocenters. The van der Waals surface area contributed by atoms with E-state index in [0.29, 0.717) is 24.6 Å². The summed E-state index contributed by atoms with van der Waals surface area (Å²) in [7, 11) is -1.90. The predicted molar refractivity (Wildman–Crippen MR) is 84.9 cm³/mol. The summed E-state index contributed by atoms with van der Waals surface area (Å²) < 4.78 is 32.0. The predicted octanol–water partition coefficient (Wildman–Crippen LogP) is 2.89. The Morgan fingerprint density at radius 2 is 1.76 bits per heavy atom. The van der Waals surface area contributed by atoms with Crippen molar-refractivity contribution in [2.75, 3.05) is 26.8 Å². The minimum absolute atomic E-state index is 0.339. The van der Waals surface area contributed by atoms with Crippen LogP contribution in [-0.2, 0) is 14.8 Å². The Hall–Kier alpha value is -1.43. The standard InChI is InChI=1S/C16H21NO3S/c1-3-10-17(11-12-20-2)21(18,19)16-9-8-14-6-4-5-7-15(14)13-16/h4-9,13H,3,10-12H2,1-2H3. The zero-order valence-corrected chi connectivity index (χ0v) is 13.3. The number of rotatable bonds is 7. The Balaban J connectivity index is 2.38. The van der Waals surface area contributed by atoms with Gasteiger partial charge in [0, 0.05) is 20.2 Å². The van der Waals surface area contributed by atoms with Gasteiger partial charge in [-0.15, -0.1) is 0 Å². The molecule has 0 radical (unpaired) electrons. The molecule has 0 aliphatic carbocycles. The van der Waals surface area contributed by atoms with Gasteiger partial charge in [0.1, 0.15) is 0 Å². The number of sulfonamides is 1. The second-order valence-electron chi connectivity index (χ2n) is 4.91. The fourth-order valence-corrected chi connectivity index (χ4v) is 3.82. The molecule has 0 fully saturated rings. The monoisotopic (exact) mass is 307 g/mol. The molecule has 5 heteroatoms. The van der Waals surface area contributed by atoms with Gasteiger partial charge in [-0.25, -0.2) is 8.42 Å². The van der Waals surface area contributed by atoms with Gasteiger partial charge in [0.15, 0.2) is 0 Å².